The summed E-state index contributed by atoms with van der Waals surface area (Å²) >= 11 is 0. The Morgan fingerprint density at radius 3 is 2.81 bits per heavy atom. The van der Waals surface area contributed by atoms with Crippen LogP contribution in [-0.2, 0) is 0 Å². The second-order valence-electron chi connectivity index (χ2n) is 3.04. The molecule has 0 aromatic carbocycles. The maximum Gasteiger partial charge on any atom is 0.356 e. The quantitative estimate of drug-likeness (QED) is 0.785. The van der Waals surface area contributed by atoms with Crippen molar-refractivity contribution < 1.29 is 14.6 Å². The van der Waals surface area contributed by atoms with Gasteiger partial charge in [0.2, 0.25) is 5.88 Å². The summed E-state index contributed by atoms with van der Waals surface area (Å²) < 4.78 is 6.54. The number of hydrogen-bond donors (Lipinski definition) is 2. The van der Waals surface area contributed by atoms with Crippen molar-refractivity contribution in [2.45, 2.75) is 0 Å². The summed E-state index contributed by atoms with van der Waals surface area (Å²) in [6.07, 6.45) is 2.97. The number of imidazole rings is 1. The molecule has 0 saturated heterocycles. The molecule has 84 valence electrons. The van der Waals surface area contributed by atoms with Crippen molar-refractivity contribution in [3.63, 3.8) is 0 Å². The lowest BCUT2D eigenvalue weighted by molar-refractivity contribution is 0.0691. The number of hydrogen-bond acceptors (Lipinski definition) is 5. The van der Waals surface area contributed by atoms with Gasteiger partial charge < -0.3 is 15.2 Å². The monoisotopic (exact) mass is 222 g/mol. The highest BCUT2D eigenvalue weighted by atomic mass is 16.5. The molecule has 0 unspecified atom stereocenters. The van der Waals surface area contributed by atoms with E-state index >= 15 is 0 Å². The minimum atomic E-state index is -1.08. The topological polar surface area (TPSA) is 88.8 Å². The van der Waals surface area contributed by atoms with Crippen molar-refractivity contribution in [1.29, 1.82) is 0 Å². The Hall–Kier alpha value is -2.31. The van der Waals surface area contributed by atoms with E-state index in [1.54, 1.807) is 17.6 Å². The highest BCUT2D eigenvalue weighted by molar-refractivity contribution is 5.87. The average molecular weight is 222 g/mol. The number of aromatic nitrogens is 3. The van der Waals surface area contributed by atoms with Gasteiger partial charge in [-0.25, -0.2) is 9.78 Å². The van der Waals surface area contributed by atoms with Crippen LogP contribution in [0.25, 0.3) is 5.65 Å². The lowest BCUT2D eigenvalue weighted by Crippen LogP contribution is -2.00. The van der Waals surface area contributed by atoms with E-state index in [4.69, 9.17) is 9.84 Å². The molecule has 7 heteroatoms. The third-order valence-corrected chi connectivity index (χ3v) is 2.08. The molecule has 2 rings (SSSR count). The lowest BCUT2D eigenvalue weighted by Gasteiger charge is -2.04. The van der Waals surface area contributed by atoms with Crippen LogP contribution in [0.5, 0.6) is 5.88 Å². The number of nitrogens with zero attached hydrogens (tertiary/aromatic N) is 3. The third-order valence-electron chi connectivity index (χ3n) is 2.08. The summed E-state index contributed by atoms with van der Waals surface area (Å²) in [6.45, 7) is 0. The summed E-state index contributed by atoms with van der Waals surface area (Å²) in [7, 11) is 3.17. The van der Waals surface area contributed by atoms with Crippen LogP contribution < -0.4 is 10.1 Å². The Morgan fingerprint density at radius 1 is 1.50 bits per heavy atom. The zero-order valence-electron chi connectivity index (χ0n) is 8.76. The zero-order chi connectivity index (χ0) is 11.7. The van der Waals surface area contributed by atoms with Crippen LogP contribution in [-0.4, -0.2) is 39.6 Å². The number of carboxylic acids is 1. The maximum atomic E-state index is 10.8. The van der Waals surface area contributed by atoms with Crippen molar-refractivity contribution in [3.8, 4) is 5.88 Å². The van der Waals surface area contributed by atoms with E-state index in [1.807, 2.05) is 0 Å². The summed E-state index contributed by atoms with van der Waals surface area (Å²) in [4.78, 5) is 18.8. The number of carbonyl (C=O) groups is 1. The molecule has 0 bridgehead atoms. The third kappa shape index (κ3) is 1.52. The van der Waals surface area contributed by atoms with Crippen LogP contribution in [0, 0.1) is 0 Å². The largest absolute Gasteiger partial charge is 0.480 e. The van der Waals surface area contributed by atoms with Crippen molar-refractivity contribution in [2.24, 2.45) is 0 Å². The lowest BCUT2D eigenvalue weighted by atomic mass is 10.5. The average Bonchev–Trinajstić information content (AvgIpc) is 2.71. The summed E-state index contributed by atoms with van der Waals surface area (Å²) in [6, 6.07) is 0. The minimum absolute atomic E-state index is 0.0356. The fourth-order valence-corrected chi connectivity index (χ4v) is 1.34. The van der Waals surface area contributed by atoms with Crippen LogP contribution in [0.1, 0.15) is 10.5 Å². The molecule has 2 aromatic rings. The second kappa shape index (κ2) is 3.69. The van der Waals surface area contributed by atoms with Gasteiger partial charge in [0, 0.05) is 13.2 Å². The van der Waals surface area contributed by atoms with Gasteiger partial charge in [0.25, 0.3) is 0 Å². The second-order valence-corrected chi connectivity index (χ2v) is 3.04. The van der Waals surface area contributed by atoms with E-state index in [0.29, 0.717) is 17.3 Å². The van der Waals surface area contributed by atoms with E-state index < -0.39 is 5.97 Å². The van der Waals surface area contributed by atoms with E-state index in [1.165, 1.54) is 13.3 Å². The molecule has 2 aromatic heterocycles. The molecule has 0 atom stereocenters. The molecule has 0 aliphatic heterocycles. The fourth-order valence-electron chi connectivity index (χ4n) is 1.34. The molecule has 16 heavy (non-hydrogen) atoms. The number of fused-ring (bicyclic) bond motifs is 1. The highest BCUT2D eigenvalue weighted by Crippen LogP contribution is 2.18. The predicted octanol–water partition coefficient (Wildman–Crippen LogP) is 0.478. The number of nitrogens with one attached hydrogen (secondary N) is 1. The molecule has 0 radical (unpaired) electrons. The Balaban J connectivity index is 2.69. The predicted molar refractivity (Wildman–Crippen MR) is 56.0 cm³/mol. The minimum Gasteiger partial charge on any atom is -0.480 e. The van der Waals surface area contributed by atoms with E-state index in [-0.39, 0.29) is 5.69 Å². The van der Waals surface area contributed by atoms with Gasteiger partial charge in [0.1, 0.15) is 0 Å². The van der Waals surface area contributed by atoms with Crippen LogP contribution in [0.15, 0.2) is 12.4 Å². The van der Waals surface area contributed by atoms with E-state index in [0.717, 1.165) is 0 Å². The van der Waals surface area contributed by atoms with Crippen molar-refractivity contribution >= 4 is 17.4 Å². The first-order chi connectivity index (χ1) is 7.65. The first-order valence-electron chi connectivity index (χ1n) is 4.50. The normalized spacial score (nSPS) is 10.4. The standard InChI is InChI=1S/C9H10N4O3/c1-10-7-8-11-5(9(14)15)3-13(8)4-6(12-7)16-2/h3-4H,1-2H3,(H,10,12)(H,14,15). The fraction of sp³-hybridized carbons (Fsp3) is 0.222. The zero-order valence-corrected chi connectivity index (χ0v) is 8.76. The molecule has 0 amide bonds. The van der Waals surface area contributed by atoms with Crippen LogP contribution in [0.4, 0.5) is 5.82 Å². The molecule has 0 saturated carbocycles. The van der Waals surface area contributed by atoms with Gasteiger partial charge >= 0.3 is 5.97 Å². The summed E-state index contributed by atoms with van der Waals surface area (Å²) in [5.74, 6) is -0.234. The molecule has 7 nitrogen and oxygen atoms in total. The van der Waals surface area contributed by atoms with E-state index in [2.05, 4.69) is 15.3 Å². The number of aromatic carboxylic acids is 1. The number of methoxy groups -OCH3 is 1. The molecule has 0 aliphatic carbocycles. The first kappa shape index (κ1) is 10.2. The van der Waals surface area contributed by atoms with Gasteiger partial charge in [-0.05, 0) is 0 Å². The van der Waals surface area contributed by atoms with Gasteiger partial charge in [0.05, 0.1) is 13.3 Å². The molecular weight excluding hydrogens is 212 g/mol. The SMILES string of the molecule is CNc1nc(OC)cn2cc(C(=O)O)nc12. The molecule has 2 N–H and O–H groups in total. The maximum absolute atomic E-state index is 10.8. The Morgan fingerprint density at radius 2 is 2.25 bits per heavy atom. The molecular formula is C9H10N4O3. The van der Waals surface area contributed by atoms with Gasteiger partial charge in [-0.1, -0.05) is 0 Å². The Bertz CT molecular complexity index is 549. The van der Waals surface area contributed by atoms with Gasteiger partial charge in [-0.2, -0.15) is 4.98 Å². The first-order valence-corrected chi connectivity index (χ1v) is 4.50. The van der Waals surface area contributed by atoms with E-state index in [9.17, 15) is 4.79 Å². The molecule has 0 spiro atoms. The highest BCUT2D eigenvalue weighted by Gasteiger charge is 2.13. The molecule has 2 heterocycles. The van der Waals surface area contributed by atoms with Crippen LogP contribution in [0.3, 0.4) is 0 Å². The number of ether oxygens (including phenoxy) is 1. The molecule has 0 aliphatic rings. The Kier molecular flexibility index (Phi) is 2.35. The number of carboxylic acid groups (broad SMARTS) is 1. The number of rotatable bonds is 3. The van der Waals surface area contributed by atoms with Gasteiger partial charge in [0.15, 0.2) is 17.2 Å². The summed E-state index contributed by atoms with van der Waals surface area (Å²) in [5, 5.41) is 11.7. The van der Waals surface area contributed by atoms with Crippen molar-refractivity contribution in [3.05, 3.63) is 18.1 Å². The Labute approximate surface area is 90.7 Å². The van der Waals surface area contributed by atoms with Gasteiger partial charge in [-0.3, -0.25) is 4.40 Å². The molecule has 0 fully saturated rings. The van der Waals surface area contributed by atoms with Crippen molar-refractivity contribution in [2.75, 3.05) is 19.5 Å². The van der Waals surface area contributed by atoms with Crippen molar-refractivity contribution in [1.82, 2.24) is 14.4 Å². The number of anilines is 1. The van der Waals surface area contributed by atoms with Crippen LogP contribution in [0.2, 0.25) is 0 Å². The van der Waals surface area contributed by atoms with Gasteiger partial charge in [-0.15, -0.1) is 0 Å². The summed E-state index contributed by atoms with van der Waals surface area (Å²) in [5.41, 5.74) is 0.409. The smallest absolute Gasteiger partial charge is 0.356 e. The van der Waals surface area contributed by atoms with Crippen LogP contribution >= 0.6 is 0 Å².